The first-order chi connectivity index (χ1) is 13.9. The predicted octanol–water partition coefficient (Wildman–Crippen LogP) is 3.82. The molecule has 3 aromatic rings. The molecule has 4 N–H and O–H groups in total. The molecule has 29 heavy (non-hydrogen) atoms. The maximum absolute atomic E-state index is 10.9. The second kappa shape index (κ2) is 9.56. The van der Waals surface area contributed by atoms with Crippen LogP contribution in [0.2, 0.25) is 5.02 Å². The SMILES string of the molecule is C[C@H](CNc1cccc(-c2nc(C(=O)O)co2)c1)NC[C@H](O)c1cccc(Cl)c1. The predicted molar refractivity (Wildman–Crippen MR) is 111 cm³/mol. The molecule has 3 rings (SSSR count). The fraction of sp³-hybridized carbons (Fsp3) is 0.238. The molecule has 2 atom stereocenters. The van der Waals surface area contributed by atoms with Crippen molar-refractivity contribution in [2.45, 2.75) is 19.1 Å². The monoisotopic (exact) mass is 415 g/mol. The number of hydrogen-bond donors (Lipinski definition) is 4. The molecule has 0 saturated carbocycles. The zero-order valence-corrected chi connectivity index (χ0v) is 16.6. The van der Waals surface area contributed by atoms with Gasteiger partial charge < -0.3 is 25.3 Å². The third-order valence-corrected chi connectivity index (χ3v) is 4.57. The molecule has 0 bridgehead atoms. The summed E-state index contributed by atoms with van der Waals surface area (Å²) in [5, 5.41) is 26.4. The van der Waals surface area contributed by atoms with Crippen molar-refractivity contribution < 1.29 is 19.4 Å². The summed E-state index contributed by atoms with van der Waals surface area (Å²) in [7, 11) is 0. The van der Waals surface area contributed by atoms with E-state index in [4.69, 9.17) is 21.1 Å². The minimum absolute atomic E-state index is 0.0906. The van der Waals surface area contributed by atoms with Crippen molar-refractivity contribution in [1.82, 2.24) is 10.3 Å². The zero-order valence-electron chi connectivity index (χ0n) is 15.8. The number of aliphatic hydroxyl groups excluding tert-OH is 1. The van der Waals surface area contributed by atoms with Gasteiger partial charge in [0.2, 0.25) is 5.89 Å². The molecule has 1 aromatic heterocycles. The van der Waals surface area contributed by atoms with Gasteiger partial charge in [-0.3, -0.25) is 0 Å². The van der Waals surface area contributed by atoms with E-state index >= 15 is 0 Å². The maximum atomic E-state index is 10.9. The third kappa shape index (κ3) is 5.80. The van der Waals surface area contributed by atoms with E-state index in [9.17, 15) is 9.90 Å². The molecule has 7 nitrogen and oxygen atoms in total. The smallest absolute Gasteiger partial charge is 0.357 e. The third-order valence-electron chi connectivity index (χ3n) is 4.34. The Morgan fingerprint density at radius 3 is 2.72 bits per heavy atom. The molecule has 0 aliphatic rings. The first-order valence-corrected chi connectivity index (χ1v) is 9.50. The summed E-state index contributed by atoms with van der Waals surface area (Å²) in [6.45, 7) is 3.03. The number of rotatable bonds is 9. The van der Waals surface area contributed by atoms with Crippen LogP contribution in [0.5, 0.6) is 0 Å². The highest BCUT2D eigenvalue weighted by Gasteiger charge is 2.13. The number of carboxylic acid groups (broad SMARTS) is 1. The number of oxazole rings is 1. The van der Waals surface area contributed by atoms with Crippen LogP contribution in [0.3, 0.4) is 0 Å². The van der Waals surface area contributed by atoms with Gasteiger partial charge in [-0.1, -0.05) is 29.8 Å². The normalized spacial score (nSPS) is 13.1. The van der Waals surface area contributed by atoms with E-state index in [-0.39, 0.29) is 17.6 Å². The molecule has 8 heteroatoms. The van der Waals surface area contributed by atoms with Crippen molar-refractivity contribution in [2.24, 2.45) is 0 Å². The quantitative estimate of drug-likeness (QED) is 0.420. The Balaban J connectivity index is 1.52. The molecule has 0 aliphatic heterocycles. The maximum Gasteiger partial charge on any atom is 0.357 e. The topological polar surface area (TPSA) is 108 Å². The number of nitrogens with one attached hydrogen (secondary N) is 2. The van der Waals surface area contributed by atoms with Gasteiger partial charge >= 0.3 is 5.97 Å². The summed E-state index contributed by atoms with van der Waals surface area (Å²) in [4.78, 5) is 14.9. The number of anilines is 1. The van der Waals surface area contributed by atoms with Crippen molar-refractivity contribution in [1.29, 1.82) is 0 Å². The minimum atomic E-state index is -1.13. The molecular weight excluding hydrogens is 394 g/mol. The van der Waals surface area contributed by atoms with Gasteiger partial charge in [0, 0.05) is 35.4 Å². The molecule has 0 spiro atoms. The number of nitrogens with zero attached hydrogens (tertiary/aromatic N) is 1. The molecule has 0 amide bonds. The van der Waals surface area contributed by atoms with Crippen LogP contribution < -0.4 is 10.6 Å². The van der Waals surface area contributed by atoms with E-state index in [1.807, 2.05) is 37.3 Å². The van der Waals surface area contributed by atoms with Gasteiger partial charge in [0.25, 0.3) is 0 Å². The van der Waals surface area contributed by atoms with E-state index in [1.54, 1.807) is 18.2 Å². The van der Waals surface area contributed by atoms with Gasteiger partial charge in [0.1, 0.15) is 6.26 Å². The Labute approximate surface area is 173 Å². The average molecular weight is 416 g/mol. The van der Waals surface area contributed by atoms with Crippen molar-refractivity contribution in [2.75, 3.05) is 18.4 Å². The number of aromatic carboxylic acids is 1. The number of carbonyl (C=O) groups is 1. The average Bonchev–Trinajstić information content (AvgIpc) is 3.21. The molecule has 2 aromatic carbocycles. The zero-order chi connectivity index (χ0) is 20.8. The van der Waals surface area contributed by atoms with Crippen molar-refractivity contribution in [3.63, 3.8) is 0 Å². The van der Waals surface area contributed by atoms with Crippen LogP contribution in [0.4, 0.5) is 5.69 Å². The van der Waals surface area contributed by atoms with Gasteiger partial charge in [0.05, 0.1) is 6.10 Å². The molecule has 0 radical (unpaired) electrons. The fourth-order valence-electron chi connectivity index (χ4n) is 2.75. The van der Waals surface area contributed by atoms with Crippen molar-refractivity contribution in [3.05, 3.63) is 71.1 Å². The number of benzene rings is 2. The van der Waals surface area contributed by atoms with Crippen LogP contribution in [0.15, 0.2) is 59.2 Å². The Hall–Kier alpha value is -2.87. The number of aromatic nitrogens is 1. The molecule has 1 heterocycles. The second-order valence-corrected chi connectivity index (χ2v) is 7.12. The van der Waals surface area contributed by atoms with Gasteiger partial charge in [-0.2, -0.15) is 0 Å². The highest BCUT2D eigenvalue weighted by Crippen LogP contribution is 2.22. The summed E-state index contributed by atoms with van der Waals surface area (Å²) in [6, 6.07) is 14.6. The highest BCUT2D eigenvalue weighted by molar-refractivity contribution is 6.30. The first-order valence-electron chi connectivity index (χ1n) is 9.12. The fourth-order valence-corrected chi connectivity index (χ4v) is 2.95. The number of halogens is 1. The second-order valence-electron chi connectivity index (χ2n) is 6.68. The summed E-state index contributed by atoms with van der Waals surface area (Å²) in [6.07, 6.45) is 0.475. The standard InChI is InChI=1S/C21H22ClN3O4/c1-13(23-11-19(26)14-4-2-6-16(22)8-14)10-24-17-7-3-5-15(9-17)20-25-18(12-29-20)21(27)28/h2-9,12-13,19,23-24,26H,10-11H2,1H3,(H,27,28)/t13-,19+/m1/s1. The van der Waals surface area contributed by atoms with Crippen LogP contribution in [0, 0.1) is 0 Å². The number of aliphatic hydroxyl groups is 1. The van der Waals surface area contributed by atoms with E-state index in [0.29, 0.717) is 23.7 Å². The van der Waals surface area contributed by atoms with Crippen LogP contribution in [0.25, 0.3) is 11.5 Å². The molecule has 0 unspecified atom stereocenters. The van der Waals surface area contributed by atoms with Crippen LogP contribution in [-0.4, -0.2) is 40.3 Å². The summed E-state index contributed by atoms with van der Waals surface area (Å²) < 4.78 is 5.24. The van der Waals surface area contributed by atoms with Crippen LogP contribution in [-0.2, 0) is 0 Å². The lowest BCUT2D eigenvalue weighted by atomic mass is 10.1. The molecular formula is C21H22ClN3O4. The van der Waals surface area contributed by atoms with E-state index < -0.39 is 12.1 Å². The van der Waals surface area contributed by atoms with E-state index in [1.165, 1.54) is 0 Å². The minimum Gasteiger partial charge on any atom is -0.476 e. The van der Waals surface area contributed by atoms with Crippen LogP contribution >= 0.6 is 11.6 Å². The highest BCUT2D eigenvalue weighted by atomic mass is 35.5. The van der Waals surface area contributed by atoms with Gasteiger partial charge in [-0.25, -0.2) is 9.78 Å². The Morgan fingerprint density at radius 1 is 1.21 bits per heavy atom. The van der Waals surface area contributed by atoms with Gasteiger partial charge in [-0.05, 0) is 42.8 Å². The molecule has 152 valence electrons. The lowest BCUT2D eigenvalue weighted by Gasteiger charge is -2.18. The molecule has 0 saturated heterocycles. The molecule has 0 fully saturated rings. The summed E-state index contributed by atoms with van der Waals surface area (Å²) in [5.74, 6) is -0.879. The Bertz CT molecular complexity index is 976. The van der Waals surface area contributed by atoms with Crippen molar-refractivity contribution >= 4 is 23.3 Å². The summed E-state index contributed by atoms with van der Waals surface area (Å²) >= 11 is 5.96. The lowest BCUT2D eigenvalue weighted by Crippen LogP contribution is -2.35. The van der Waals surface area contributed by atoms with Gasteiger partial charge in [-0.15, -0.1) is 0 Å². The molecule has 0 aliphatic carbocycles. The number of carboxylic acids is 1. The first kappa shape index (κ1) is 20.9. The summed E-state index contributed by atoms with van der Waals surface area (Å²) in [5.41, 5.74) is 2.17. The Kier molecular flexibility index (Phi) is 6.87. The van der Waals surface area contributed by atoms with E-state index in [0.717, 1.165) is 17.5 Å². The lowest BCUT2D eigenvalue weighted by molar-refractivity contribution is 0.0690. The largest absolute Gasteiger partial charge is 0.476 e. The van der Waals surface area contributed by atoms with Crippen LogP contribution in [0.1, 0.15) is 29.1 Å². The van der Waals surface area contributed by atoms with Crippen molar-refractivity contribution in [3.8, 4) is 11.5 Å². The number of hydrogen-bond acceptors (Lipinski definition) is 6. The van der Waals surface area contributed by atoms with E-state index in [2.05, 4.69) is 15.6 Å². The Morgan fingerprint density at radius 2 is 2.00 bits per heavy atom. The van der Waals surface area contributed by atoms with Gasteiger partial charge in [0.15, 0.2) is 5.69 Å².